The van der Waals surface area contributed by atoms with Gasteiger partial charge >= 0.3 is 0 Å². The molecule has 0 radical (unpaired) electrons. The van der Waals surface area contributed by atoms with Crippen molar-refractivity contribution in [2.75, 3.05) is 6.54 Å². The van der Waals surface area contributed by atoms with Gasteiger partial charge in [-0.25, -0.2) is 0 Å². The molecule has 0 saturated carbocycles. The maximum atomic E-state index is 12.6. The van der Waals surface area contributed by atoms with Crippen LogP contribution in [-0.2, 0) is 11.8 Å². The molecule has 0 bridgehead atoms. The lowest BCUT2D eigenvalue weighted by molar-refractivity contribution is -0.135. The van der Waals surface area contributed by atoms with Crippen LogP contribution in [0.15, 0.2) is 10.7 Å². The van der Waals surface area contributed by atoms with E-state index in [0.717, 1.165) is 60.5 Å². The molecule has 24 heavy (non-hydrogen) atoms. The maximum Gasteiger partial charge on any atom is 0.223 e. The van der Waals surface area contributed by atoms with Crippen LogP contribution in [0.3, 0.4) is 0 Å². The number of aromatic nitrogens is 3. The molecule has 1 amide bonds. The summed E-state index contributed by atoms with van der Waals surface area (Å²) in [4.78, 5) is 14.6. The zero-order valence-corrected chi connectivity index (χ0v) is 15.0. The molecule has 1 aliphatic rings. The fourth-order valence-electron chi connectivity index (χ4n) is 3.56. The Hall–Kier alpha value is -2.11. The van der Waals surface area contributed by atoms with Crippen molar-refractivity contribution in [2.45, 2.75) is 58.9 Å². The molecular weight excluding hydrogens is 304 g/mol. The van der Waals surface area contributed by atoms with Crippen molar-refractivity contribution in [3.63, 3.8) is 0 Å². The van der Waals surface area contributed by atoms with E-state index in [1.54, 1.807) is 0 Å². The molecule has 3 heterocycles. The second kappa shape index (κ2) is 6.79. The monoisotopic (exact) mass is 330 g/mol. The van der Waals surface area contributed by atoms with Crippen molar-refractivity contribution < 1.29 is 9.32 Å². The number of amides is 1. The summed E-state index contributed by atoms with van der Waals surface area (Å²) in [5, 5.41) is 8.53. The van der Waals surface area contributed by atoms with E-state index in [1.165, 1.54) is 0 Å². The summed E-state index contributed by atoms with van der Waals surface area (Å²) in [5.41, 5.74) is 3.93. The van der Waals surface area contributed by atoms with Crippen molar-refractivity contribution in [3.8, 4) is 11.3 Å². The van der Waals surface area contributed by atoms with E-state index in [0.29, 0.717) is 6.42 Å². The molecule has 0 aromatic carbocycles. The molecule has 1 unspecified atom stereocenters. The predicted octanol–water partition coefficient (Wildman–Crippen LogP) is 3.55. The Kier molecular flexibility index (Phi) is 4.73. The number of rotatable bonds is 4. The van der Waals surface area contributed by atoms with Gasteiger partial charge in [-0.15, -0.1) is 0 Å². The Labute approximate surface area is 142 Å². The molecule has 0 aliphatic carbocycles. The van der Waals surface area contributed by atoms with Gasteiger partial charge in [0.2, 0.25) is 5.91 Å². The first-order valence-electron chi connectivity index (χ1n) is 8.79. The Bertz CT molecular complexity index is 731. The summed E-state index contributed by atoms with van der Waals surface area (Å²) < 4.78 is 7.45. The normalized spacial score (nSPS) is 18.2. The number of carbonyl (C=O) groups excluding carboxylic acids is 1. The smallest absolute Gasteiger partial charge is 0.223 e. The van der Waals surface area contributed by atoms with Crippen molar-refractivity contribution in [3.05, 3.63) is 23.1 Å². The third kappa shape index (κ3) is 2.85. The van der Waals surface area contributed by atoms with Crippen LogP contribution in [0.5, 0.6) is 0 Å². The summed E-state index contributed by atoms with van der Waals surface area (Å²) in [5.74, 6) is 1.00. The molecule has 1 saturated heterocycles. The molecule has 1 fully saturated rings. The lowest BCUT2D eigenvalue weighted by Crippen LogP contribution is -2.39. The molecule has 1 atom stereocenters. The summed E-state index contributed by atoms with van der Waals surface area (Å²) in [6.07, 6.45) is 6.47. The number of aryl methyl sites for hydroxylation is 2. The quantitative estimate of drug-likeness (QED) is 0.860. The largest absolute Gasteiger partial charge is 0.356 e. The summed E-state index contributed by atoms with van der Waals surface area (Å²) >= 11 is 0. The molecule has 0 spiro atoms. The molecule has 0 N–H and O–H groups in total. The predicted molar refractivity (Wildman–Crippen MR) is 91.4 cm³/mol. The van der Waals surface area contributed by atoms with Gasteiger partial charge in [0.15, 0.2) is 5.76 Å². The second-order valence-corrected chi connectivity index (χ2v) is 6.64. The van der Waals surface area contributed by atoms with E-state index in [-0.39, 0.29) is 11.9 Å². The molecular formula is C18H26N4O2. The highest BCUT2D eigenvalue weighted by Gasteiger charge is 2.33. The van der Waals surface area contributed by atoms with Crippen molar-refractivity contribution in [2.24, 2.45) is 7.05 Å². The maximum absolute atomic E-state index is 12.6. The standard InChI is InChI=1S/C18H26N4O2/c1-5-8-16(23)22-10-7-6-9-15(22)17-14(11-19-21(17)4)18-12(2)13(3)20-24-18/h11,15H,5-10H2,1-4H3. The van der Waals surface area contributed by atoms with Crippen molar-refractivity contribution >= 4 is 5.91 Å². The number of likely N-dealkylation sites (tertiary alicyclic amines) is 1. The highest BCUT2D eigenvalue weighted by Crippen LogP contribution is 2.38. The number of piperidine rings is 1. The van der Waals surface area contributed by atoms with E-state index in [4.69, 9.17) is 4.52 Å². The Morgan fingerprint density at radius 2 is 2.17 bits per heavy atom. The second-order valence-electron chi connectivity index (χ2n) is 6.64. The highest BCUT2D eigenvalue weighted by atomic mass is 16.5. The minimum atomic E-state index is 0.0603. The first kappa shape index (κ1) is 16.7. The van der Waals surface area contributed by atoms with Gasteiger partial charge in [0, 0.05) is 25.6 Å². The first-order valence-corrected chi connectivity index (χ1v) is 8.79. The molecule has 6 nitrogen and oxygen atoms in total. The van der Waals surface area contributed by atoms with E-state index in [2.05, 4.69) is 10.3 Å². The van der Waals surface area contributed by atoms with Gasteiger partial charge in [0.1, 0.15) is 0 Å². The number of hydrogen-bond donors (Lipinski definition) is 0. The molecule has 2 aromatic rings. The Balaban J connectivity index is 2.03. The van der Waals surface area contributed by atoms with Crippen LogP contribution in [0.2, 0.25) is 0 Å². The third-order valence-corrected chi connectivity index (χ3v) is 4.99. The lowest BCUT2D eigenvalue weighted by atomic mass is 9.94. The fraction of sp³-hybridized carbons (Fsp3) is 0.611. The first-order chi connectivity index (χ1) is 11.5. The van der Waals surface area contributed by atoms with E-state index < -0.39 is 0 Å². The number of carbonyl (C=O) groups is 1. The van der Waals surface area contributed by atoms with Crippen LogP contribution in [0.4, 0.5) is 0 Å². The topological polar surface area (TPSA) is 64.2 Å². The molecule has 3 rings (SSSR count). The van der Waals surface area contributed by atoms with Crippen molar-refractivity contribution in [1.82, 2.24) is 19.8 Å². The van der Waals surface area contributed by atoms with E-state index in [9.17, 15) is 4.79 Å². The fourth-order valence-corrected chi connectivity index (χ4v) is 3.56. The zero-order chi connectivity index (χ0) is 17.3. The minimum Gasteiger partial charge on any atom is -0.356 e. The zero-order valence-electron chi connectivity index (χ0n) is 15.0. The molecule has 1 aliphatic heterocycles. The summed E-state index contributed by atoms with van der Waals surface area (Å²) in [7, 11) is 1.94. The lowest BCUT2D eigenvalue weighted by Gasteiger charge is -2.36. The van der Waals surface area contributed by atoms with Gasteiger partial charge in [0.05, 0.1) is 29.2 Å². The van der Waals surface area contributed by atoms with Crippen LogP contribution < -0.4 is 0 Å². The van der Waals surface area contributed by atoms with Crippen LogP contribution in [-0.4, -0.2) is 32.3 Å². The van der Waals surface area contributed by atoms with Gasteiger partial charge in [-0.3, -0.25) is 9.48 Å². The SMILES string of the molecule is CCCC(=O)N1CCCCC1c1c(-c2onc(C)c2C)cnn1C. The van der Waals surface area contributed by atoms with Gasteiger partial charge in [-0.2, -0.15) is 5.10 Å². The summed E-state index contributed by atoms with van der Waals surface area (Å²) in [6.45, 7) is 6.82. The Morgan fingerprint density at radius 3 is 2.83 bits per heavy atom. The van der Waals surface area contributed by atoms with Gasteiger partial charge in [-0.1, -0.05) is 12.1 Å². The van der Waals surface area contributed by atoms with Crippen molar-refractivity contribution in [1.29, 1.82) is 0 Å². The third-order valence-electron chi connectivity index (χ3n) is 4.99. The van der Waals surface area contributed by atoms with Crippen LogP contribution >= 0.6 is 0 Å². The van der Waals surface area contributed by atoms with Crippen LogP contribution in [0.25, 0.3) is 11.3 Å². The molecule has 130 valence electrons. The average Bonchev–Trinajstić information content (AvgIpc) is 3.11. The Morgan fingerprint density at radius 1 is 1.38 bits per heavy atom. The van der Waals surface area contributed by atoms with Gasteiger partial charge < -0.3 is 9.42 Å². The van der Waals surface area contributed by atoms with Crippen LogP contribution in [0, 0.1) is 13.8 Å². The highest BCUT2D eigenvalue weighted by molar-refractivity contribution is 5.77. The molecule has 6 heteroatoms. The average molecular weight is 330 g/mol. The van der Waals surface area contributed by atoms with Gasteiger partial charge in [0.25, 0.3) is 0 Å². The van der Waals surface area contributed by atoms with E-state index >= 15 is 0 Å². The van der Waals surface area contributed by atoms with E-state index in [1.807, 2.05) is 43.6 Å². The number of nitrogens with zero attached hydrogens (tertiary/aromatic N) is 4. The van der Waals surface area contributed by atoms with Crippen LogP contribution in [0.1, 0.15) is 62.0 Å². The molecule has 2 aromatic heterocycles. The van der Waals surface area contributed by atoms with Gasteiger partial charge in [-0.05, 0) is 39.5 Å². The minimum absolute atomic E-state index is 0.0603. The summed E-state index contributed by atoms with van der Waals surface area (Å²) in [6, 6.07) is 0.0603. The number of hydrogen-bond acceptors (Lipinski definition) is 4.